The molecule has 0 fully saturated rings. The Kier molecular flexibility index (Phi) is 3.88. The van der Waals surface area contributed by atoms with Crippen molar-refractivity contribution in [3.05, 3.63) is 39.6 Å². The molecular formula is C12H12N2O3S. The number of thiazole rings is 1. The highest BCUT2D eigenvalue weighted by atomic mass is 32.1. The quantitative estimate of drug-likeness (QED) is 0.894. The lowest BCUT2D eigenvalue weighted by molar-refractivity contribution is -0.137. The summed E-state index contributed by atoms with van der Waals surface area (Å²) in [4.78, 5) is 26.1. The molecular weight excluding hydrogens is 252 g/mol. The SMILES string of the molecule is O=C(O)CCCn1c(-c2ccncc2)csc1=O. The molecule has 0 aliphatic heterocycles. The van der Waals surface area contributed by atoms with Crippen molar-refractivity contribution in [1.82, 2.24) is 9.55 Å². The first-order valence-electron chi connectivity index (χ1n) is 5.49. The molecule has 2 heterocycles. The molecule has 0 bridgehead atoms. The van der Waals surface area contributed by atoms with Gasteiger partial charge in [0.15, 0.2) is 0 Å². The fourth-order valence-corrected chi connectivity index (χ4v) is 2.47. The van der Waals surface area contributed by atoms with Gasteiger partial charge < -0.3 is 5.11 Å². The molecule has 6 heteroatoms. The number of carboxylic acid groups (broad SMARTS) is 1. The summed E-state index contributed by atoms with van der Waals surface area (Å²) < 4.78 is 1.61. The largest absolute Gasteiger partial charge is 0.481 e. The number of rotatable bonds is 5. The van der Waals surface area contributed by atoms with Gasteiger partial charge in [-0.3, -0.25) is 19.1 Å². The predicted molar refractivity (Wildman–Crippen MR) is 68.7 cm³/mol. The number of nitrogens with zero attached hydrogens (tertiary/aromatic N) is 2. The standard InChI is InChI=1S/C12H12N2O3S/c15-11(16)2-1-7-14-10(8-18-12(14)17)9-3-5-13-6-4-9/h3-6,8H,1-2,7H2,(H,15,16). The molecule has 1 N–H and O–H groups in total. The Balaban J connectivity index is 2.22. The lowest BCUT2D eigenvalue weighted by Gasteiger charge is -2.06. The van der Waals surface area contributed by atoms with Crippen LogP contribution in [0.25, 0.3) is 11.3 Å². The second kappa shape index (κ2) is 5.59. The molecule has 2 aromatic heterocycles. The number of hydrogen-bond acceptors (Lipinski definition) is 4. The maximum absolute atomic E-state index is 11.7. The van der Waals surface area contributed by atoms with E-state index in [-0.39, 0.29) is 11.3 Å². The molecule has 0 saturated heterocycles. The molecule has 5 nitrogen and oxygen atoms in total. The van der Waals surface area contributed by atoms with Crippen molar-refractivity contribution in [2.45, 2.75) is 19.4 Å². The maximum atomic E-state index is 11.7. The number of hydrogen-bond donors (Lipinski definition) is 1. The van der Waals surface area contributed by atoms with E-state index in [1.165, 1.54) is 0 Å². The first kappa shape index (κ1) is 12.5. The van der Waals surface area contributed by atoms with Crippen LogP contribution in [0.1, 0.15) is 12.8 Å². The molecule has 18 heavy (non-hydrogen) atoms. The van der Waals surface area contributed by atoms with Gasteiger partial charge in [0, 0.05) is 36.3 Å². The Bertz CT molecular complexity index is 589. The molecule has 0 atom stereocenters. The van der Waals surface area contributed by atoms with Gasteiger partial charge in [0.05, 0.1) is 5.69 Å². The normalized spacial score (nSPS) is 10.4. The van der Waals surface area contributed by atoms with Crippen LogP contribution in [0.5, 0.6) is 0 Å². The smallest absolute Gasteiger partial charge is 0.307 e. The van der Waals surface area contributed by atoms with E-state index in [9.17, 15) is 9.59 Å². The molecule has 0 aliphatic carbocycles. The Morgan fingerprint density at radius 1 is 1.39 bits per heavy atom. The third-order valence-corrected chi connectivity index (χ3v) is 3.29. The van der Waals surface area contributed by atoms with E-state index in [2.05, 4.69) is 4.98 Å². The molecule has 0 spiro atoms. The van der Waals surface area contributed by atoms with Crippen molar-refractivity contribution in [1.29, 1.82) is 0 Å². The molecule has 2 aromatic rings. The Morgan fingerprint density at radius 3 is 2.78 bits per heavy atom. The molecule has 0 aromatic carbocycles. The van der Waals surface area contributed by atoms with Gasteiger partial charge in [0.25, 0.3) is 0 Å². The van der Waals surface area contributed by atoms with E-state index >= 15 is 0 Å². The zero-order chi connectivity index (χ0) is 13.0. The fourth-order valence-electron chi connectivity index (χ4n) is 1.68. The van der Waals surface area contributed by atoms with Crippen LogP contribution < -0.4 is 4.87 Å². The third kappa shape index (κ3) is 2.84. The van der Waals surface area contributed by atoms with Crippen molar-refractivity contribution in [3.63, 3.8) is 0 Å². The Morgan fingerprint density at radius 2 is 2.11 bits per heavy atom. The minimum absolute atomic E-state index is 0.0628. The van der Waals surface area contributed by atoms with Crippen LogP contribution in [0.2, 0.25) is 0 Å². The van der Waals surface area contributed by atoms with Gasteiger partial charge in [-0.1, -0.05) is 11.3 Å². The number of carbonyl (C=O) groups is 1. The summed E-state index contributed by atoms with van der Waals surface area (Å²) in [6.07, 6.45) is 3.85. The minimum Gasteiger partial charge on any atom is -0.481 e. The van der Waals surface area contributed by atoms with Crippen LogP contribution in [0.3, 0.4) is 0 Å². The molecule has 0 unspecified atom stereocenters. The zero-order valence-corrected chi connectivity index (χ0v) is 10.4. The number of pyridine rings is 1. The van der Waals surface area contributed by atoms with Crippen LogP contribution in [-0.2, 0) is 11.3 Å². The molecule has 0 amide bonds. The van der Waals surface area contributed by atoms with E-state index in [0.717, 1.165) is 22.6 Å². The maximum Gasteiger partial charge on any atom is 0.307 e. The minimum atomic E-state index is -0.844. The topological polar surface area (TPSA) is 72.2 Å². The van der Waals surface area contributed by atoms with E-state index in [4.69, 9.17) is 5.11 Å². The molecule has 94 valence electrons. The highest BCUT2D eigenvalue weighted by Crippen LogP contribution is 2.19. The summed E-state index contributed by atoms with van der Waals surface area (Å²) in [7, 11) is 0. The van der Waals surface area contributed by atoms with Crippen molar-refractivity contribution in [3.8, 4) is 11.3 Å². The highest BCUT2D eigenvalue weighted by molar-refractivity contribution is 7.07. The average Bonchev–Trinajstić information content (AvgIpc) is 2.72. The van der Waals surface area contributed by atoms with Gasteiger partial charge in [-0.2, -0.15) is 0 Å². The molecule has 0 saturated carbocycles. The summed E-state index contributed by atoms with van der Waals surface area (Å²) in [5, 5.41) is 10.4. The van der Waals surface area contributed by atoms with Gasteiger partial charge in [0.2, 0.25) is 0 Å². The summed E-state index contributed by atoms with van der Waals surface area (Å²) in [5.41, 5.74) is 1.73. The summed E-state index contributed by atoms with van der Waals surface area (Å²) in [5.74, 6) is -0.844. The highest BCUT2D eigenvalue weighted by Gasteiger charge is 2.09. The van der Waals surface area contributed by atoms with Crippen molar-refractivity contribution in [2.75, 3.05) is 0 Å². The molecule has 0 aliphatic rings. The predicted octanol–water partition coefficient (Wildman–Crippen LogP) is 1.84. The van der Waals surface area contributed by atoms with Gasteiger partial charge in [-0.05, 0) is 18.6 Å². The van der Waals surface area contributed by atoms with E-state index in [0.29, 0.717) is 13.0 Å². The summed E-state index contributed by atoms with van der Waals surface area (Å²) in [6.45, 7) is 0.423. The Labute approximate surface area is 107 Å². The molecule has 0 radical (unpaired) electrons. The van der Waals surface area contributed by atoms with Crippen LogP contribution in [0.15, 0.2) is 34.7 Å². The first-order chi connectivity index (χ1) is 8.68. The monoisotopic (exact) mass is 264 g/mol. The fraction of sp³-hybridized carbons (Fsp3) is 0.250. The third-order valence-electron chi connectivity index (χ3n) is 2.53. The van der Waals surface area contributed by atoms with Crippen LogP contribution in [0.4, 0.5) is 0 Å². The van der Waals surface area contributed by atoms with Crippen LogP contribution >= 0.6 is 11.3 Å². The van der Waals surface area contributed by atoms with Crippen LogP contribution in [-0.4, -0.2) is 20.6 Å². The average molecular weight is 264 g/mol. The van der Waals surface area contributed by atoms with Gasteiger partial charge in [-0.25, -0.2) is 0 Å². The number of carboxylic acids is 1. The second-order valence-corrected chi connectivity index (χ2v) is 4.59. The summed E-state index contributed by atoms with van der Waals surface area (Å²) in [6, 6.07) is 3.66. The lowest BCUT2D eigenvalue weighted by Crippen LogP contribution is -2.15. The van der Waals surface area contributed by atoms with Gasteiger partial charge >= 0.3 is 10.8 Å². The Hall–Kier alpha value is -1.95. The van der Waals surface area contributed by atoms with Gasteiger partial charge in [-0.15, -0.1) is 0 Å². The van der Waals surface area contributed by atoms with Crippen molar-refractivity contribution >= 4 is 17.3 Å². The molecule has 2 rings (SSSR count). The van der Waals surface area contributed by atoms with Crippen LogP contribution in [0, 0.1) is 0 Å². The van der Waals surface area contributed by atoms with Gasteiger partial charge in [0.1, 0.15) is 0 Å². The van der Waals surface area contributed by atoms with Crippen molar-refractivity contribution < 1.29 is 9.90 Å². The zero-order valence-electron chi connectivity index (χ0n) is 9.57. The van der Waals surface area contributed by atoms with E-state index in [1.54, 1.807) is 22.3 Å². The number of aromatic nitrogens is 2. The number of aliphatic carboxylic acids is 1. The first-order valence-corrected chi connectivity index (χ1v) is 6.37. The lowest BCUT2D eigenvalue weighted by atomic mass is 10.2. The van der Waals surface area contributed by atoms with E-state index in [1.807, 2.05) is 12.1 Å². The second-order valence-electron chi connectivity index (χ2n) is 3.77. The van der Waals surface area contributed by atoms with E-state index < -0.39 is 5.97 Å². The van der Waals surface area contributed by atoms with Crippen molar-refractivity contribution in [2.24, 2.45) is 0 Å². The summed E-state index contributed by atoms with van der Waals surface area (Å²) >= 11 is 1.12.